The number of likely N-dealkylation sites (N-methyl/N-ethyl adjacent to an activating group) is 1. The summed E-state index contributed by atoms with van der Waals surface area (Å²) < 4.78 is 18.0. The first kappa shape index (κ1) is 14.5. The number of amides is 1. The molecule has 1 aromatic rings. The molecule has 0 unspecified atom stereocenters. The third-order valence-corrected chi connectivity index (χ3v) is 3.23. The second kappa shape index (κ2) is 6.47. The van der Waals surface area contributed by atoms with Crippen molar-refractivity contribution in [2.45, 2.75) is 19.4 Å². The molecule has 5 nitrogen and oxygen atoms in total. The quantitative estimate of drug-likeness (QED) is 0.847. The number of carbonyl (C=O) groups is 2. The van der Waals surface area contributed by atoms with Crippen LogP contribution in [0.1, 0.15) is 13.3 Å². The van der Waals surface area contributed by atoms with Crippen molar-refractivity contribution in [3.8, 4) is 0 Å². The van der Waals surface area contributed by atoms with Gasteiger partial charge in [0.15, 0.2) is 0 Å². The Kier molecular flexibility index (Phi) is 4.68. The van der Waals surface area contributed by atoms with E-state index in [-0.39, 0.29) is 18.3 Å². The number of hydrogen-bond acceptors (Lipinski definition) is 4. The molecule has 1 aliphatic heterocycles. The summed E-state index contributed by atoms with van der Waals surface area (Å²) in [5, 5.41) is 2.58. The molecule has 0 spiro atoms. The monoisotopic (exact) mass is 280 g/mol. The van der Waals surface area contributed by atoms with Gasteiger partial charge in [-0.05, 0) is 24.7 Å². The fourth-order valence-corrected chi connectivity index (χ4v) is 2.21. The lowest BCUT2D eigenvalue weighted by atomic mass is 10.1. The number of morpholine rings is 1. The molecule has 1 fully saturated rings. The molecular weight excluding hydrogens is 263 g/mol. The highest BCUT2D eigenvalue weighted by Gasteiger charge is 2.32. The van der Waals surface area contributed by atoms with E-state index in [4.69, 9.17) is 4.74 Å². The van der Waals surface area contributed by atoms with Crippen LogP contribution in [-0.2, 0) is 14.3 Å². The minimum absolute atomic E-state index is 0.00316. The summed E-state index contributed by atoms with van der Waals surface area (Å²) in [6, 6.07) is 5.07. The molecule has 0 aliphatic carbocycles. The summed E-state index contributed by atoms with van der Waals surface area (Å²) in [5.74, 6) is -1.14. The van der Waals surface area contributed by atoms with Crippen molar-refractivity contribution in [1.29, 1.82) is 0 Å². The molecule has 20 heavy (non-hydrogen) atoms. The molecule has 1 amide bonds. The van der Waals surface area contributed by atoms with Crippen LogP contribution < -0.4 is 5.32 Å². The molecule has 1 aromatic carbocycles. The zero-order valence-electron chi connectivity index (χ0n) is 11.3. The Labute approximate surface area is 116 Å². The van der Waals surface area contributed by atoms with Crippen molar-refractivity contribution in [2.75, 3.05) is 25.0 Å². The first-order valence-corrected chi connectivity index (χ1v) is 6.56. The average Bonchev–Trinajstić information content (AvgIpc) is 2.41. The Morgan fingerprint density at radius 2 is 2.35 bits per heavy atom. The Hall–Kier alpha value is -1.95. The standard InChI is InChI=1S/C14H17FN2O3/c1-2-17-6-7-20-14(19)12(17)9-13(18)16-11-5-3-4-10(15)8-11/h3-5,8,12H,2,6-7,9H2,1H3,(H,16,18)/t12-/m0/s1. The zero-order chi connectivity index (χ0) is 14.5. The van der Waals surface area contributed by atoms with Gasteiger partial charge in [0, 0.05) is 12.2 Å². The molecule has 0 aromatic heterocycles. The first-order chi connectivity index (χ1) is 9.60. The van der Waals surface area contributed by atoms with E-state index in [2.05, 4.69) is 5.32 Å². The lowest BCUT2D eigenvalue weighted by Crippen LogP contribution is -2.50. The number of anilines is 1. The fraction of sp³-hybridized carbons (Fsp3) is 0.429. The van der Waals surface area contributed by atoms with Gasteiger partial charge < -0.3 is 10.1 Å². The van der Waals surface area contributed by atoms with Gasteiger partial charge in [0.2, 0.25) is 5.91 Å². The smallest absolute Gasteiger partial charge is 0.323 e. The van der Waals surface area contributed by atoms with Gasteiger partial charge in [0.1, 0.15) is 18.5 Å². The normalized spacial score (nSPS) is 19.5. The van der Waals surface area contributed by atoms with E-state index in [1.165, 1.54) is 18.2 Å². The highest BCUT2D eigenvalue weighted by atomic mass is 19.1. The maximum Gasteiger partial charge on any atom is 0.323 e. The number of carbonyl (C=O) groups excluding carboxylic acids is 2. The van der Waals surface area contributed by atoms with Crippen LogP contribution in [0.25, 0.3) is 0 Å². The van der Waals surface area contributed by atoms with Crippen molar-refractivity contribution in [2.24, 2.45) is 0 Å². The number of cyclic esters (lactones) is 1. The second-order valence-corrected chi connectivity index (χ2v) is 4.57. The lowest BCUT2D eigenvalue weighted by Gasteiger charge is -2.32. The molecule has 0 bridgehead atoms. The Bertz CT molecular complexity index is 507. The number of nitrogens with one attached hydrogen (secondary N) is 1. The Morgan fingerprint density at radius 3 is 3.05 bits per heavy atom. The van der Waals surface area contributed by atoms with Crippen LogP contribution in [-0.4, -0.2) is 42.5 Å². The summed E-state index contributed by atoms with van der Waals surface area (Å²) in [4.78, 5) is 25.5. The van der Waals surface area contributed by atoms with Gasteiger partial charge in [-0.3, -0.25) is 14.5 Å². The number of esters is 1. The number of hydrogen-bond donors (Lipinski definition) is 1. The molecule has 6 heteroatoms. The molecule has 2 rings (SSSR count). The van der Waals surface area contributed by atoms with E-state index in [9.17, 15) is 14.0 Å². The summed E-state index contributed by atoms with van der Waals surface area (Å²) in [6.07, 6.45) is 0.00316. The minimum atomic E-state index is -0.567. The van der Waals surface area contributed by atoms with Gasteiger partial charge in [0.05, 0.1) is 6.42 Å². The van der Waals surface area contributed by atoms with Crippen molar-refractivity contribution in [1.82, 2.24) is 4.90 Å². The largest absolute Gasteiger partial charge is 0.463 e. The third-order valence-electron chi connectivity index (χ3n) is 3.23. The number of nitrogens with zero attached hydrogens (tertiary/aromatic N) is 1. The van der Waals surface area contributed by atoms with Gasteiger partial charge in [-0.25, -0.2) is 4.39 Å². The Morgan fingerprint density at radius 1 is 1.55 bits per heavy atom. The number of halogens is 1. The van der Waals surface area contributed by atoms with E-state index in [0.29, 0.717) is 25.4 Å². The van der Waals surface area contributed by atoms with Gasteiger partial charge in [-0.15, -0.1) is 0 Å². The van der Waals surface area contributed by atoms with Gasteiger partial charge >= 0.3 is 5.97 Å². The number of rotatable bonds is 4. The van der Waals surface area contributed by atoms with E-state index >= 15 is 0 Å². The molecule has 1 N–H and O–H groups in total. The van der Waals surface area contributed by atoms with Crippen LogP contribution in [0.2, 0.25) is 0 Å². The number of ether oxygens (including phenoxy) is 1. The predicted molar refractivity (Wildman–Crippen MR) is 71.6 cm³/mol. The Balaban J connectivity index is 1.97. The molecule has 108 valence electrons. The molecule has 1 aliphatic rings. The van der Waals surface area contributed by atoms with Crippen LogP contribution in [0.3, 0.4) is 0 Å². The lowest BCUT2D eigenvalue weighted by molar-refractivity contribution is -0.158. The summed E-state index contributed by atoms with van der Waals surface area (Å²) in [6.45, 7) is 3.58. The maximum absolute atomic E-state index is 13.0. The van der Waals surface area contributed by atoms with Crippen LogP contribution in [0, 0.1) is 5.82 Å². The van der Waals surface area contributed by atoms with E-state index < -0.39 is 11.9 Å². The summed E-state index contributed by atoms with van der Waals surface area (Å²) in [5.41, 5.74) is 0.377. The maximum atomic E-state index is 13.0. The third kappa shape index (κ3) is 3.54. The first-order valence-electron chi connectivity index (χ1n) is 6.56. The number of benzene rings is 1. The van der Waals surface area contributed by atoms with Crippen molar-refractivity contribution >= 4 is 17.6 Å². The molecule has 1 saturated heterocycles. The fourth-order valence-electron chi connectivity index (χ4n) is 2.21. The highest BCUT2D eigenvalue weighted by Crippen LogP contribution is 2.14. The summed E-state index contributed by atoms with van der Waals surface area (Å²) in [7, 11) is 0. The van der Waals surface area contributed by atoms with E-state index in [1.54, 1.807) is 6.07 Å². The van der Waals surface area contributed by atoms with Gasteiger partial charge in [0.25, 0.3) is 0 Å². The molecule has 1 atom stereocenters. The zero-order valence-corrected chi connectivity index (χ0v) is 11.3. The van der Waals surface area contributed by atoms with Gasteiger partial charge in [-0.1, -0.05) is 13.0 Å². The second-order valence-electron chi connectivity index (χ2n) is 4.57. The summed E-state index contributed by atoms with van der Waals surface area (Å²) >= 11 is 0. The van der Waals surface area contributed by atoms with Crippen molar-refractivity contribution in [3.05, 3.63) is 30.1 Å². The van der Waals surface area contributed by atoms with Gasteiger partial charge in [-0.2, -0.15) is 0 Å². The molecular formula is C14H17FN2O3. The van der Waals surface area contributed by atoms with E-state index in [0.717, 1.165) is 0 Å². The van der Waals surface area contributed by atoms with Crippen LogP contribution in [0.15, 0.2) is 24.3 Å². The highest BCUT2D eigenvalue weighted by molar-refractivity contribution is 5.94. The SMILES string of the molecule is CCN1CCOC(=O)[C@@H]1CC(=O)Nc1cccc(F)c1. The van der Waals surface area contributed by atoms with E-state index in [1.807, 2.05) is 11.8 Å². The predicted octanol–water partition coefficient (Wildman–Crippen LogP) is 1.40. The average molecular weight is 280 g/mol. The van der Waals surface area contributed by atoms with Crippen LogP contribution in [0.4, 0.5) is 10.1 Å². The molecule has 1 heterocycles. The van der Waals surface area contributed by atoms with Crippen molar-refractivity contribution < 1.29 is 18.7 Å². The molecule has 0 saturated carbocycles. The van der Waals surface area contributed by atoms with Crippen LogP contribution >= 0.6 is 0 Å². The topological polar surface area (TPSA) is 58.6 Å². The molecule has 0 radical (unpaired) electrons. The van der Waals surface area contributed by atoms with Crippen molar-refractivity contribution in [3.63, 3.8) is 0 Å². The minimum Gasteiger partial charge on any atom is -0.463 e. The van der Waals surface area contributed by atoms with Crippen LogP contribution in [0.5, 0.6) is 0 Å².